The number of fused-ring (bicyclic) bond motifs is 1. The van der Waals surface area contributed by atoms with Crippen LogP contribution >= 0.6 is 27.5 Å². The van der Waals surface area contributed by atoms with E-state index in [9.17, 15) is 0 Å². The van der Waals surface area contributed by atoms with E-state index in [0.717, 1.165) is 11.3 Å². The fraction of sp³-hybridized carbons (Fsp3) is 0. The summed E-state index contributed by atoms with van der Waals surface area (Å²) < 4.78 is 2.56. The Balaban J connectivity index is 2.27. The van der Waals surface area contributed by atoms with Gasteiger partial charge in [0.2, 0.25) is 0 Å². The number of halogens is 2. The van der Waals surface area contributed by atoms with E-state index >= 15 is 0 Å². The Hall–Kier alpha value is -1.53. The number of nitrogens with zero attached hydrogens (tertiary/aromatic N) is 5. The van der Waals surface area contributed by atoms with Crippen molar-refractivity contribution in [1.29, 1.82) is 0 Å². The van der Waals surface area contributed by atoms with Crippen LogP contribution in [0.1, 0.15) is 0 Å². The predicted molar refractivity (Wildman–Crippen MR) is 66.7 cm³/mol. The molecule has 0 saturated heterocycles. The smallest absolute Gasteiger partial charge is 0.179 e. The maximum Gasteiger partial charge on any atom is 0.179 e. The summed E-state index contributed by atoms with van der Waals surface area (Å²) in [5, 5.41) is 0.401. The Morgan fingerprint density at radius 1 is 1.18 bits per heavy atom. The first-order valence-electron chi connectivity index (χ1n) is 4.71. The van der Waals surface area contributed by atoms with Gasteiger partial charge in [0, 0.05) is 12.4 Å². The van der Waals surface area contributed by atoms with E-state index in [0.29, 0.717) is 15.6 Å². The van der Waals surface area contributed by atoms with Gasteiger partial charge in [-0.2, -0.15) is 0 Å². The molecule has 84 valence electrons. The lowest BCUT2D eigenvalue weighted by molar-refractivity contribution is 1.07. The number of hydrogen-bond donors (Lipinski definition) is 0. The second-order valence-corrected chi connectivity index (χ2v) is 4.48. The van der Waals surface area contributed by atoms with Gasteiger partial charge >= 0.3 is 0 Å². The van der Waals surface area contributed by atoms with Crippen LogP contribution in [0, 0.1) is 0 Å². The molecule has 3 heterocycles. The zero-order chi connectivity index (χ0) is 11.8. The molecule has 0 aliphatic carbocycles. The topological polar surface area (TPSA) is 56.0 Å². The van der Waals surface area contributed by atoms with Crippen LogP contribution in [0.4, 0.5) is 0 Å². The Morgan fingerprint density at radius 2 is 2.06 bits per heavy atom. The van der Waals surface area contributed by atoms with Crippen molar-refractivity contribution >= 4 is 33.2 Å². The lowest BCUT2D eigenvalue weighted by Gasteiger charge is -2.00. The van der Waals surface area contributed by atoms with Crippen LogP contribution in [0.2, 0.25) is 5.15 Å². The third kappa shape index (κ3) is 1.89. The standard InChI is InChI=1S/C10H5BrClN5/c11-7-5-17-6(3-15-9(17)4-14-7)10-13-2-1-8(12)16-10/h1-5H. The van der Waals surface area contributed by atoms with Gasteiger partial charge in [0.15, 0.2) is 11.5 Å². The molecule has 0 unspecified atom stereocenters. The molecule has 0 atom stereocenters. The molecule has 17 heavy (non-hydrogen) atoms. The van der Waals surface area contributed by atoms with Crippen LogP contribution in [0.25, 0.3) is 17.2 Å². The number of hydrogen-bond acceptors (Lipinski definition) is 4. The highest BCUT2D eigenvalue weighted by molar-refractivity contribution is 9.10. The van der Waals surface area contributed by atoms with E-state index < -0.39 is 0 Å². The van der Waals surface area contributed by atoms with Crippen molar-refractivity contribution in [2.75, 3.05) is 0 Å². The Bertz CT molecular complexity index is 696. The first kappa shape index (κ1) is 10.6. The number of imidazole rings is 1. The van der Waals surface area contributed by atoms with Crippen molar-refractivity contribution in [3.63, 3.8) is 0 Å². The summed E-state index contributed by atoms with van der Waals surface area (Å²) in [5.74, 6) is 0.531. The SMILES string of the molecule is Clc1ccnc(-c2cnc3cnc(Br)cn23)n1. The first-order chi connectivity index (χ1) is 8.24. The second kappa shape index (κ2) is 4.05. The van der Waals surface area contributed by atoms with Crippen LogP contribution in [0.5, 0.6) is 0 Å². The molecule has 0 aromatic carbocycles. The quantitative estimate of drug-likeness (QED) is 0.648. The Morgan fingerprint density at radius 3 is 2.88 bits per heavy atom. The van der Waals surface area contributed by atoms with Crippen molar-refractivity contribution in [2.24, 2.45) is 0 Å². The van der Waals surface area contributed by atoms with Crippen LogP contribution < -0.4 is 0 Å². The molecular formula is C10H5BrClN5. The molecule has 0 amide bonds. The normalized spacial score (nSPS) is 10.9. The molecule has 0 fully saturated rings. The molecule has 0 N–H and O–H groups in total. The maximum atomic E-state index is 5.84. The van der Waals surface area contributed by atoms with Crippen molar-refractivity contribution in [2.45, 2.75) is 0 Å². The summed E-state index contributed by atoms with van der Waals surface area (Å²) in [6.07, 6.45) is 6.77. The van der Waals surface area contributed by atoms with E-state index in [4.69, 9.17) is 11.6 Å². The summed E-state index contributed by atoms with van der Waals surface area (Å²) in [7, 11) is 0. The van der Waals surface area contributed by atoms with Gasteiger partial charge < -0.3 is 0 Å². The van der Waals surface area contributed by atoms with Crippen molar-refractivity contribution in [1.82, 2.24) is 24.3 Å². The molecule has 3 aromatic rings. The van der Waals surface area contributed by atoms with Crippen molar-refractivity contribution < 1.29 is 0 Å². The van der Waals surface area contributed by atoms with E-state index in [1.807, 2.05) is 10.6 Å². The highest BCUT2D eigenvalue weighted by Gasteiger charge is 2.09. The average Bonchev–Trinajstić information content (AvgIpc) is 2.71. The molecule has 0 aliphatic rings. The Labute approximate surface area is 110 Å². The molecule has 0 radical (unpaired) electrons. The lowest BCUT2D eigenvalue weighted by atomic mass is 10.4. The highest BCUT2D eigenvalue weighted by atomic mass is 79.9. The van der Waals surface area contributed by atoms with Gasteiger partial charge in [-0.05, 0) is 22.0 Å². The minimum atomic E-state index is 0.401. The van der Waals surface area contributed by atoms with Gasteiger partial charge in [-0.25, -0.2) is 19.9 Å². The van der Waals surface area contributed by atoms with Crippen LogP contribution in [-0.4, -0.2) is 24.3 Å². The van der Waals surface area contributed by atoms with Crippen LogP contribution in [0.3, 0.4) is 0 Å². The molecular weight excluding hydrogens is 306 g/mol. The van der Waals surface area contributed by atoms with Crippen molar-refractivity contribution in [3.05, 3.63) is 40.6 Å². The Kier molecular flexibility index (Phi) is 2.53. The fourth-order valence-electron chi connectivity index (χ4n) is 1.49. The monoisotopic (exact) mass is 309 g/mol. The molecule has 3 aromatic heterocycles. The van der Waals surface area contributed by atoms with E-state index in [-0.39, 0.29) is 0 Å². The van der Waals surface area contributed by atoms with Gasteiger partial charge in [0.1, 0.15) is 15.5 Å². The van der Waals surface area contributed by atoms with Crippen LogP contribution in [0.15, 0.2) is 35.5 Å². The van der Waals surface area contributed by atoms with E-state index in [1.165, 1.54) is 0 Å². The summed E-state index contributed by atoms with van der Waals surface area (Å²) in [6.45, 7) is 0. The predicted octanol–water partition coefficient (Wildman–Crippen LogP) is 2.60. The van der Waals surface area contributed by atoms with Crippen LogP contribution in [-0.2, 0) is 0 Å². The minimum Gasteiger partial charge on any atom is -0.293 e. The maximum absolute atomic E-state index is 5.84. The van der Waals surface area contributed by atoms with Gasteiger partial charge in [0.25, 0.3) is 0 Å². The third-order valence-corrected chi connectivity index (χ3v) is 2.84. The largest absolute Gasteiger partial charge is 0.293 e. The zero-order valence-electron chi connectivity index (χ0n) is 8.38. The van der Waals surface area contributed by atoms with Gasteiger partial charge in [-0.15, -0.1) is 0 Å². The zero-order valence-corrected chi connectivity index (χ0v) is 10.7. The minimum absolute atomic E-state index is 0.401. The summed E-state index contributed by atoms with van der Waals surface area (Å²) in [5.41, 5.74) is 1.50. The molecule has 0 saturated carbocycles. The third-order valence-electron chi connectivity index (χ3n) is 2.22. The molecule has 7 heteroatoms. The summed E-state index contributed by atoms with van der Waals surface area (Å²) >= 11 is 9.15. The fourth-order valence-corrected chi connectivity index (χ4v) is 1.93. The summed E-state index contributed by atoms with van der Waals surface area (Å²) in [6, 6.07) is 1.63. The van der Waals surface area contributed by atoms with Gasteiger partial charge in [0.05, 0.1) is 12.4 Å². The number of aromatic nitrogens is 5. The highest BCUT2D eigenvalue weighted by Crippen LogP contribution is 2.19. The summed E-state index contributed by atoms with van der Waals surface area (Å²) in [4.78, 5) is 16.6. The van der Waals surface area contributed by atoms with E-state index in [1.54, 1.807) is 24.7 Å². The first-order valence-corrected chi connectivity index (χ1v) is 5.89. The van der Waals surface area contributed by atoms with Gasteiger partial charge in [-0.1, -0.05) is 11.6 Å². The molecule has 3 rings (SSSR count). The van der Waals surface area contributed by atoms with Gasteiger partial charge in [-0.3, -0.25) is 4.40 Å². The molecule has 0 spiro atoms. The molecule has 0 aliphatic heterocycles. The second-order valence-electron chi connectivity index (χ2n) is 3.28. The molecule has 5 nitrogen and oxygen atoms in total. The lowest BCUT2D eigenvalue weighted by Crippen LogP contribution is -1.94. The number of rotatable bonds is 1. The molecule has 0 bridgehead atoms. The van der Waals surface area contributed by atoms with E-state index in [2.05, 4.69) is 35.9 Å². The van der Waals surface area contributed by atoms with Crippen molar-refractivity contribution in [3.8, 4) is 11.5 Å². The average molecular weight is 311 g/mol.